The molecule has 4 heteroatoms. The molecule has 0 saturated carbocycles. The molecule has 1 aliphatic heterocycles. The average Bonchev–Trinajstić information content (AvgIpc) is 2.69. The van der Waals surface area contributed by atoms with Gasteiger partial charge < -0.3 is 15.8 Å². The molecular formula is C10H15N3O. The van der Waals surface area contributed by atoms with E-state index in [1.165, 1.54) is 0 Å². The van der Waals surface area contributed by atoms with E-state index < -0.39 is 0 Å². The molecule has 1 aromatic heterocycles. The van der Waals surface area contributed by atoms with Crippen LogP contribution in [0.25, 0.3) is 0 Å². The second kappa shape index (κ2) is 4.28. The minimum absolute atomic E-state index is 0.316. The Bertz CT molecular complexity index is 297. The molecule has 1 atom stereocenters. The number of nitrogens with zero attached hydrogens (tertiary/aromatic N) is 1. The fourth-order valence-corrected chi connectivity index (χ4v) is 1.58. The molecule has 1 aromatic rings. The van der Waals surface area contributed by atoms with Crippen LogP contribution in [0.2, 0.25) is 0 Å². The Morgan fingerprint density at radius 1 is 1.64 bits per heavy atom. The molecule has 4 nitrogen and oxygen atoms in total. The molecule has 0 aromatic carbocycles. The van der Waals surface area contributed by atoms with E-state index >= 15 is 0 Å². The summed E-state index contributed by atoms with van der Waals surface area (Å²) in [5.41, 5.74) is 6.43. The average molecular weight is 193 g/mol. The third-order valence-corrected chi connectivity index (χ3v) is 2.36. The summed E-state index contributed by atoms with van der Waals surface area (Å²) >= 11 is 0. The Morgan fingerprint density at radius 2 is 2.57 bits per heavy atom. The van der Waals surface area contributed by atoms with E-state index in [0.29, 0.717) is 11.8 Å². The standard InChI is InChI=1S/C10H15N3O/c11-9-4-1-5-12-10(9)13-7-8-3-2-6-14-8/h1,4-5,8H,2-3,6-7,11H2,(H,12,13)/t8-/m0/s1. The molecule has 0 unspecified atom stereocenters. The molecule has 3 N–H and O–H groups in total. The van der Waals surface area contributed by atoms with Gasteiger partial charge >= 0.3 is 0 Å². The van der Waals surface area contributed by atoms with Crippen molar-refractivity contribution in [3.8, 4) is 0 Å². The number of hydrogen-bond donors (Lipinski definition) is 2. The Morgan fingerprint density at radius 3 is 3.29 bits per heavy atom. The summed E-state index contributed by atoms with van der Waals surface area (Å²) in [6, 6.07) is 3.66. The highest BCUT2D eigenvalue weighted by molar-refractivity contribution is 5.60. The zero-order chi connectivity index (χ0) is 9.80. The number of nitrogen functional groups attached to an aromatic ring is 1. The van der Waals surface area contributed by atoms with E-state index in [1.54, 1.807) is 6.20 Å². The number of nitrogens with two attached hydrogens (primary N) is 1. The van der Waals surface area contributed by atoms with Crippen LogP contribution in [0.15, 0.2) is 18.3 Å². The number of pyridine rings is 1. The summed E-state index contributed by atoms with van der Waals surface area (Å²) in [5.74, 6) is 0.753. The summed E-state index contributed by atoms with van der Waals surface area (Å²) < 4.78 is 5.48. The first-order chi connectivity index (χ1) is 6.86. The van der Waals surface area contributed by atoms with E-state index in [4.69, 9.17) is 10.5 Å². The lowest BCUT2D eigenvalue weighted by Gasteiger charge is -2.12. The summed E-state index contributed by atoms with van der Waals surface area (Å²) in [7, 11) is 0. The zero-order valence-electron chi connectivity index (χ0n) is 8.07. The first kappa shape index (κ1) is 9.27. The van der Waals surface area contributed by atoms with E-state index in [-0.39, 0.29) is 0 Å². The molecule has 0 spiro atoms. The van der Waals surface area contributed by atoms with Crippen molar-refractivity contribution >= 4 is 11.5 Å². The maximum atomic E-state index is 5.74. The largest absolute Gasteiger partial charge is 0.396 e. The fraction of sp³-hybridized carbons (Fsp3) is 0.500. The van der Waals surface area contributed by atoms with Gasteiger partial charge in [-0.3, -0.25) is 0 Å². The van der Waals surface area contributed by atoms with Gasteiger partial charge in [0.25, 0.3) is 0 Å². The summed E-state index contributed by atoms with van der Waals surface area (Å²) in [4.78, 5) is 4.15. The van der Waals surface area contributed by atoms with E-state index in [2.05, 4.69) is 10.3 Å². The molecule has 1 saturated heterocycles. The molecule has 2 rings (SSSR count). The quantitative estimate of drug-likeness (QED) is 0.758. The lowest BCUT2D eigenvalue weighted by Crippen LogP contribution is -2.19. The topological polar surface area (TPSA) is 60.2 Å². The van der Waals surface area contributed by atoms with Crippen LogP contribution in [0.3, 0.4) is 0 Å². The van der Waals surface area contributed by atoms with Gasteiger partial charge in [-0.1, -0.05) is 0 Å². The van der Waals surface area contributed by atoms with Crippen molar-refractivity contribution in [1.82, 2.24) is 4.98 Å². The van der Waals surface area contributed by atoms with Gasteiger partial charge in [-0.15, -0.1) is 0 Å². The van der Waals surface area contributed by atoms with Crippen molar-refractivity contribution in [3.63, 3.8) is 0 Å². The van der Waals surface area contributed by atoms with Gasteiger partial charge in [0.15, 0.2) is 0 Å². The number of nitrogens with one attached hydrogen (secondary N) is 1. The van der Waals surface area contributed by atoms with Gasteiger partial charge in [0, 0.05) is 19.3 Å². The molecule has 14 heavy (non-hydrogen) atoms. The van der Waals surface area contributed by atoms with Crippen LogP contribution < -0.4 is 11.1 Å². The van der Waals surface area contributed by atoms with Crippen LogP contribution in [0.5, 0.6) is 0 Å². The first-order valence-electron chi connectivity index (χ1n) is 4.92. The third-order valence-electron chi connectivity index (χ3n) is 2.36. The Labute approximate surface area is 83.5 Å². The van der Waals surface area contributed by atoms with E-state index in [0.717, 1.165) is 31.8 Å². The molecule has 0 bridgehead atoms. The molecular weight excluding hydrogens is 178 g/mol. The van der Waals surface area contributed by atoms with Gasteiger partial charge in [-0.2, -0.15) is 0 Å². The Kier molecular flexibility index (Phi) is 2.84. The Hall–Kier alpha value is -1.29. The van der Waals surface area contributed by atoms with Crippen LogP contribution in [0.1, 0.15) is 12.8 Å². The number of hydrogen-bond acceptors (Lipinski definition) is 4. The highest BCUT2D eigenvalue weighted by Crippen LogP contribution is 2.16. The lowest BCUT2D eigenvalue weighted by molar-refractivity contribution is 0.120. The third kappa shape index (κ3) is 2.14. The maximum absolute atomic E-state index is 5.74. The number of anilines is 2. The summed E-state index contributed by atoms with van der Waals surface area (Å²) in [6.45, 7) is 1.67. The van der Waals surface area contributed by atoms with Crippen molar-refractivity contribution in [3.05, 3.63) is 18.3 Å². The Balaban J connectivity index is 1.88. The fourth-order valence-electron chi connectivity index (χ4n) is 1.58. The van der Waals surface area contributed by atoms with E-state index in [9.17, 15) is 0 Å². The molecule has 0 aliphatic carbocycles. The highest BCUT2D eigenvalue weighted by Gasteiger charge is 2.15. The number of aromatic nitrogens is 1. The summed E-state index contributed by atoms with van der Waals surface area (Å²) in [5, 5.41) is 3.19. The zero-order valence-corrected chi connectivity index (χ0v) is 8.07. The minimum Gasteiger partial charge on any atom is -0.396 e. The van der Waals surface area contributed by atoms with Crippen LogP contribution in [0.4, 0.5) is 11.5 Å². The molecule has 0 amide bonds. The van der Waals surface area contributed by atoms with E-state index in [1.807, 2.05) is 12.1 Å². The molecule has 1 aliphatic rings. The summed E-state index contributed by atoms with van der Waals surface area (Å²) in [6.07, 6.45) is 4.33. The van der Waals surface area contributed by atoms with Crippen LogP contribution >= 0.6 is 0 Å². The van der Waals surface area contributed by atoms with Crippen LogP contribution in [-0.2, 0) is 4.74 Å². The highest BCUT2D eigenvalue weighted by atomic mass is 16.5. The SMILES string of the molecule is Nc1cccnc1NC[C@@H]1CCCO1. The van der Waals surface area contributed by atoms with Gasteiger partial charge in [-0.05, 0) is 25.0 Å². The van der Waals surface area contributed by atoms with Crippen molar-refractivity contribution in [2.75, 3.05) is 24.2 Å². The maximum Gasteiger partial charge on any atom is 0.149 e. The molecule has 0 radical (unpaired) electrons. The van der Waals surface area contributed by atoms with Gasteiger partial charge in [-0.25, -0.2) is 4.98 Å². The predicted octanol–water partition coefficient (Wildman–Crippen LogP) is 1.25. The van der Waals surface area contributed by atoms with Gasteiger partial charge in [0.2, 0.25) is 0 Å². The predicted molar refractivity (Wildman–Crippen MR) is 56.1 cm³/mol. The minimum atomic E-state index is 0.316. The van der Waals surface area contributed by atoms with Crippen molar-refractivity contribution in [1.29, 1.82) is 0 Å². The second-order valence-corrected chi connectivity index (χ2v) is 3.46. The number of rotatable bonds is 3. The normalized spacial score (nSPS) is 21.0. The van der Waals surface area contributed by atoms with Crippen LogP contribution in [0, 0.1) is 0 Å². The number of ether oxygens (including phenoxy) is 1. The van der Waals surface area contributed by atoms with Crippen molar-refractivity contribution in [2.45, 2.75) is 18.9 Å². The van der Waals surface area contributed by atoms with Crippen molar-refractivity contribution in [2.24, 2.45) is 0 Å². The van der Waals surface area contributed by atoms with Crippen molar-refractivity contribution < 1.29 is 4.74 Å². The van der Waals surface area contributed by atoms with Crippen LogP contribution in [-0.4, -0.2) is 24.2 Å². The monoisotopic (exact) mass is 193 g/mol. The van der Waals surface area contributed by atoms with Gasteiger partial charge in [0.05, 0.1) is 11.8 Å². The second-order valence-electron chi connectivity index (χ2n) is 3.46. The smallest absolute Gasteiger partial charge is 0.149 e. The van der Waals surface area contributed by atoms with Gasteiger partial charge in [0.1, 0.15) is 5.82 Å². The lowest BCUT2D eigenvalue weighted by atomic mass is 10.2. The molecule has 1 fully saturated rings. The molecule has 2 heterocycles. The molecule has 76 valence electrons. The first-order valence-corrected chi connectivity index (χ1v) is 4.92.